The minimum atomic E-state index is 0.0296. The van der Waals surface area contributed by atoms with Crippen LogP contribution in [0.15, 0.2) is 6.07 Å². The zero-order valence-corrected chi connectivity index (χ0v) is 14.4. The van der Waals surface area contributed by atoms with Gasteiger partial charge in [-0.2, -0.15) is 10.2 Å². The number of anilines is 1. The molecule has 1 fully saturated rings. The molecule has 7 nitrogen and oxygen atoms in total. The molecule has 0 spiro atoms. The van der Waals surface area contributed by atoms with Gasteiger partial charge in [-0.05, 0) is 33.6 Å². The molecule has 0 saturated carbocycles. The van der Waals surface area contributed by atoms with Gasteiger partial charge in [0.15, 0.2) is 0 Å². The second-order valence-electron chi connectivity index (χ2n) is 6.66. The highest BCUT2D eigenvalue weighted by molar-refractivity contribution is 6.07. The summed E-state index contributed by atoms with van der Waals surface area (Å²) in [7, 11) is 0. The molecule has 1 amide bonds. The number of nitrogens with zero attached hydrogens (tertiary/aromatic N) is 5. The highest BCUT2D eigenvalue weighted by Crippen LogP contribution is 2.29. The highest BCUT2D eigenvalue weighted by Gasteiger charge is 2.31. The predicted octanol–water partition coefficient (Wildman–Crippen LogP) is 2.02. The summed E-state index contributed by atoms with van der Waals surface area (Å²) in [5, 5.41) is 9.11. The van der Waals surface area contributed by atoms with Crippen LogP contribution in [0.25, 0.3) is 0 Å². The van der Waals surface area contributed by atoms with Crippen LogP contribution < -0.4 is 4.90 Å². The summed E-state index contributed by atoms with van der Waals surface area (Å²) in [5.74, 6) is 0.914. The van der Waals surface area contributed by atoms with E-state index in [1.54, 1.807) is 0 Å². The summed E-state index contributed by atoms with van der Waals surface area (Å²) in [6, 6.07) is 2.30. The van der Waals surface area contributed by atoms with Crippen molar-refractivity contribution in [3.8, 4) is 0 Å². The van der Waals surface area contributed by atoms with E-state index in [1.165, 1.54) is 0 Å². The van der Waals surface area contributed by atoms with Crippen LogP contribution in [-0.4, -0.2) is 45.2 Å². The van der Waals surface area contributed by atoms with Gasteiger partial charge in [-0.15, -0.1) is 0 Å². The van der Waals surface area contributed by atoms with Crippen LogP contribution in [0.4, 0.5) is 5.82 Å². The van der Waals surface area contributed by atoms with Gasteiger partial charge in [0.2, 0.25) is 0 Å². The first-order valence-corrected chi connectivity index (χ1v) is 8.56. The molecule has 24 heavy (non-hydrogen) atoms. The molecule has 0 aromatic carbocycles. The molecule has 128 valence electrons. The second-order valence-corrected chi connectivity index (χ2v) is 6.66. The average molecular weight is 329 g/mol. The Bertz CT molecular complexity index is 785. The van der Waals surface area contributed by atoms with Crippen molar-refractivity contribution in [2.75, 3.05) is 24.7 Å². The maximum atomic E-state index is 13.2. The maximum absolute atomic E-state index is 13.2. The lowest BCUT2D eigenvalue weighted by Crippen LogP contribution is -2.30. The molecule has 0 bridgehead atoms. The Hall–Kier alpha value is -2.15. The van der Waals surface area contributed by atoms with Crippen LogP contribution >= 0.6 is 0 Å². The summed E-state index contributed by atoms with van der Waals surface area (Å²) in [6.07, 6.45) is 1.90. The first kappa shape index (κ1) is 15.4. The van der Waals surface area contributed by atoms with Crippen molar-refractivity contribution in [2.45, 2.75) is 46.2 Å². The molecular formula is C17H23N5O2. The quantitative estimate of drug-likeness (QED) is 0.845. The van der Waals surface area contributed by atoms with Crippen molar-refractivity contribution in [3.63, 3.8) is 0 Å². The zero-order valence-electron chi connectivity index (χ0n) is 14.4. The Balaban J connectivity index is 1.67. The van der Waals surface area contributed by atoms with Crippen molar-refractivity contribution >= 4 is 11.7 Å². The van der Waals surface area contributed by atoms with Crippen molar-refractivity contribution < 1.29 is 9.53 Å². The summed E-state index contributed by atoms with van der Waals surface area (Å²) in [5.41, 5.74) is 3.43. The second kappa shape index (κ2) is 5.73. The lowest BCUT2D eigenvalue weighted by Gasteiger charge is -2.23. The fourth-order valence-corrected chi connectivity index (χ4v) is 3.82. The fraction of sp³-hybridized carbons (Fsp3) is 0.588. The molecule has 0 unspecified atom stereocenters. The first-order chi connectivity index (χ1) is 11.6. The van der Waals surface area contributed by atoms with Gasteiger partial charge < -0.3 is 4.74 Å². The Morgan fingerprint density at radius 3 is 2.67 bits per heavy atom. The third-order valence-electron chi connectivity index (χ3n) is 5.01. The van der Waals surface area contributed by atoms with Gasteiger partial charge in [-0.25, -0.2) is 4.68 Å². The number of carbonyl (C=O) groups excluding carboxylic acids is 1. The summed E-state index contributed by atoms with van der Waals surface area (Å²) >= 11 is 0. The van der Waals surface area contributed by atoms with Gasteiger partial charge >= 0.3 is 0 Å². The van der Waals surface area contributed by atoms with Gasteiger partial charge in [-0.3, -0.25) is 14.4 Å². The van der Waals surface area contributed by atoms with Gasteiger partial charge in [0.1, 0.15) is 5.82 Å². The molecule has 4 rings (SSSR count). The molecule has 0 N–H and O–H groups in total. The average Bonchev–Trinajstić information content (AvgIpc) is 3.20. The van der Waals surface area contributed by atoms with Crippen LogP contribution in [-0.2, 0) is 11.3 Å². The van der Waals surface area contributed by atoms with E-state index in [2.05, 4.69) is 10.2 Å². The number of aryl methyl sites for hydroxylation is 2. The molecule has 0 radical (unpaired) electrons. The molecule has 4 heterocycles. The first-order valence-electron chi connectivity index (χ1n) is 8.56. The van der Waals surface area contributed by atoms with Crippen LogP contribution in [0.3, 0.4) is 0 Å². The fourth-order valence-electron chi connectivity index (χ4n) is 3.82. The SMILES string of the molecule is Cc1cc2n(n1)CCN2C(=O)c1c(C)nn(C2CCOCC2)c1C. The molecule has 2 aliphatic rings. The summed E-state index contributed by atoms with van der Waals surface area (Å²) in [6.45, 7) is 8.82. The third-order valence-corrected chi connectivity index (χ3v) is 5.01. The Labute approximate surface area is 141 Å². The molecule has 0 aliphatic carbocycles. The molecule has 2 aromatic rings. The topological polar surface area (TPSA) is 65.2 Å². The lowest BCUT2D eigenvalue weighted by atomic mass is 10.1. The number of rotatable bonds is 2. The summed E-state index contributed by atoms with van der Waals surface area (Å²) in [4.78, 5) is 15.0. The standard InChI is InChI=1S/C17H23N5O2/c1-11-10-15-20(6-7-21(15)18-11)17(23)16-12(2)19-22(13(16)3)14-4-8-24-9-5-14/h10,14H,4-9H2,1-3H3. The molecule has 7 heteroatoms. The van der Waals surface area contributed by atoms with Crippen LogP contribution in [0.5, 0.6) is 0 Å². The lowest BCUT2D eigenvalue weighted by molar-refractivity contribution is 0.0655. The minimum absolute atomic E-state index is 0.0296. The van der Waals surface area contributed by atoms with E-state index in [4.69, 9.17) is 4.74 Å². The van der Waals surface area contributed by atoms with E-state index in [-0.39, 0.29) is 5.91 Å². The number of ether oxygens (including phenoxy) is 1. The number of fused-ring (bicyclic) bond motifs is 1. The Morgan fingerprint density at radius 1 is 1.17 bits per heavy atom. The van der Waals surface area contributed by atoms with Crippen molar-refractivity contribution in [3.05, 3.63) is 28.7 Å². The number of aromatic nitrogens is 4. The van der Waals surface area contributed by atoms with Crippen molar-refractivity contribution in [2.24, 2.45) is 0 Å². The Kier molecular flexibility index (Phi) is 3.68. The molecule has 2 aliphatic heterocycles. The summed E-state index contributed by atoms with van der Waals surface area (Å²) < 4.78 is 9.38. The van der Waals surface area contributed by atoms with Crippen LogP contribution in [0.1, 0.15) is 46.3 Å². The van der Waals surface area contributed by atoms with E-state index >= 15 is 0 Å². The Morgan fingerprint density at radius 2 is 1.92 bits per heavy atom. The highest BCUT2D eigenvalue weighted by atomic mass is 16.5. The number of amides is 1. The number of carbonyl (C=O) groups is 1. The normalized spacial score (nSPS) is 18.2. The van der Waals surface area contributed by atoms with E-state index in [0.717, 1.165) is 61.1 Å². The van der Waals surface area contributed by atoms with Crippen molar-refractivity contribution in [1.29, 1.82) is 0 Å². The molecule has 2 aromatic heterocycles. The van der Waals surface area contributed by atoms with E-state index < -0.39 is 0 Å². The maximum Gasteiger partial charge on any atom is 0.263 e. The van der Waals surface area contributed by atoms with Crippen molar-refractivity contribution in [1.82, 2.24) is 19.6 Å². The predicted molar refractivity (Wildman–Crippen MR) is 89.4 cm³/mol. The van der Waals surface area contributed by atoms with Gasteiger partial charge in [-0.1, -0.05) is 0 Å². The largest absolute Gasteiger partial charge is 0.381 e. The monoisotopic (exact) mass is 329 g/mol. The van der Waals surface area contributed by atoms with Gasteiger partial charge in [0.05, 0.1) is 29.5 Å². The van der Waals surface area contributed by atoms with E-state index in [1.807, 2.05) is 41.1 Å². The van der Waals surface area contributed by atoms with Gasteiger partial charge in [0, 0.05) is 31.5 Å². The van der Waals surface area contributed by atoms with Gasteiger partial charge in [0.25, 0.3) is 5.91 Å². The zero-order chi connectivity index (χ0) is 16.8. The van der Waals surface area contributed by atoms with E-state index in [9.17, 15) is 4.79 Å². The smallest absolute Gasteiger partial charge is 0.263 e. The van der Waals surface area contributed by atoms with Crippen LogP contribution in [0.2, 0.25) is 0 Å². The molecule has 0 atom stereocenters. The minimum Gasteiger partial charge on any atom is -0.381 e. The van der Waals surface area contributed by atoms with E-state index in [0.29, 0.717) is 12.6 Å². The number of hydrogen-bond donors (Lipinski definition) is 0. The van der Waals surface area contributed by atoms with Crippen LogP contribution in [0, 0.1) is 20.8 Å². The molecular weight excluding hydrogens is 306 g/mol. The molecule has 1 saturated heterocycles. The third kappa shape index (κ3) is 2.34. The number of hydrogen-bond acceptors (Lipinski definition) is 4.